The zero-order chi connectivity index (χ0) is 26.5. The van der Waals surface area contributed by atoms with Gasteiger partial charge in [-0.15, -0.1) is 0 Å². The first-order chi connectivity index (χ1) is 19.5. The molecule has 0 unspecified atom stereocenters. The molecule has 0 N–H and O–H groups in total. The maximum absolute atomic E-state index is 2.69. The van der Waals surface area contributed by atoms with Gasteiger partial charge in [0.2, 0.25) is 5.52 Å². The van der Waals surface area contributed by atoms with Crippen LogP contribution < -0.4 is 4.57 Å². The second kappa shape index (κ2) is 7.16. The zero-order valence-corrected chi connectivity index (χ0v) is 23.7. The van der Waals surface area contributed by atoms with Gasteiger partial charge in [0.05, 0.1) is 27.3 Å². The quantitative estimate of drug-likeness (QED) is 0.116. The highest BCUT2D eigenvalue weighted by molar-refractivity contribution is 6.29. The van der Waals surface area contributed by atoms with Gasteiger partial charge in [0.15, 0.2) is 6.20 Å². The van der Waals surface area contributed by atoms with Crippen LogP contribution in [0, 0.1) is 31.6 Å². The van der Waals surface area contributed by atoms with Crippen LogP contribution in [0.5, 0.6) is 0 Å². The van der Waals surface area contributed by atoms with Gasteiger partial charge in [-0.05, 0) is 114 Å². The summed E-state index contributed by atoms with van der Waals surface area (Å²) in [7, 11) is 2.24. The van der Waals surface area contributed by atoms with Crippen LogP contribution in [-0.4, -0.2) is 4.40 Å². The number of pyridine rings is 2. The van der Waals surface area contributed by atoms with E-state index in [9.17, 15) is 0 Å². The van der Waals surface area contributed by atoms with Gasteiger partial charge in [0, 0.05) is 16.8 Å². The molecule has 3 aromatic heterocycles. The van der Waals surface area contributed by atoms with Crippen LogP contribution in [-0.2, 0) is 12.5 Å². The zero-order valence-electron chi connectivity index (χ0n) is 23.7. The summed E-state index contributed by atoms with van der Waals surface area (Å²) in [6, 6.07) is 23.5. The first-order valence-electron chi connectivity index (χ1n) is 15.4. The van der Waals surface area contributed by atoms with Crippen molar-refractivity contribution in [3.05, 3.63) is 83.6 Å². The summed E-state index contributed by atoms with van der Waals surface area (Å²) in [5, 5.41) is 9.91. The number of rotatable bonds is 1. The Labute approximate surface area is 234 Å². The van der Waals surface area contributed by atoms with E-state index < -0.39 is 0 Å². The molecule has 0 saturated heterocycles. The van der Waals surface area contributed by atoms with Crippen LogP contribution in [0.2, 0.25) is 0 Å². The molecule has 7 aromatic rings. The fourth-order valence-corrected chi connectivity index (χ4v) is 10.8. The number of hydrogen-bond donors (Lipinski definition) is 0. The van der Waals surface area contributed by atoms with Gasteiger partial charge in [-0.2, -0.15) is 0 Å². The monoisotopic (exact) mass is 519 g/mol. The summed E-state index contributed by atoms with van der Waals surface area (Å²) in [6.45, 7) is 4.70. The van der Waals surface area contributed by atoms with Crippen LogP contribution in [0.15, 0.2) is 66.9 Å². The molecule has 4 aliphatic carbocycles. The van der Waals surface area contributed by atoms with E-state index in [1.54, 1.807) is 5.56 Å². The van der Waals surface area contributed by atoms with Crippen LogP contribution in [0.3, 0.4) is 0 Å². The molecule has 3 heterocycles. The first kappa shape index (κ1) is 22.1. The fourth-order valence-electron chi connectivity index (χ4n) is 10.8. The molecule has 0 aliphatic heterocycles. The summed E-state index contributed by atoms with van der Waals surface area (Å²) in [5.41, 5.74) is 10.4. The molecular weight excluding hydrogens is 484 g/mol. The lowest BCUT2D eigenvalue weighted by Gasteiger charge is -2.57. The van der Waals surface area contributed by atoms with Crippen LogP contribution in [0.1, 0.15) is 55.2 Å². The Morgan fingerprint density at radius 1 is 0.675 bits per heavy atom. The second-order valence-electron chi connectivity index (χ2n) is 14.0. The van der Waals surface area contributed by atoms with Crippen molar-refractivity contribution in [2.24, 2.45) is 24.8 Å². The SMILES string of the molecule is Cc1c2ccccc2c(C)c2c1c1c3c(ccc4c5c(C67CC8CC(CC(C8)C6)C7)cccc5n2c43)cc[n+]1C. The van der Waals surface area contributed by atoms with Crippen molar-refractivity contribution in [2.75, 3.05) is 0 Å². The van der Waals surface area contributed by atoms with E-state index in [-0.39, 0.29) is 0 Å². The molecule has 4 aliphatic rings. The Morgan fingerprint density at radius 2 is 1.38 bits per heavy atom. The molecule has 2 nitrogen and oxygen atoms in total. The first-order valence-corrected chi connectivity index (χ1v) is 15.4. The van der Waals surface area contributed by atoms with Crippen LogP contribution in [0.4, 0.5) is 0 Å². The fraction of sp³-hybridized carbons (Fsp3) is 0.342. The van der Waals surface area contributed by atoms with Crippen LogP contribution >= 0.6 is 0 Å². The number of aryl methyl sites for hydroxylation is 3. The van der Waals surface area contributed by atoms with Crippen molar-refractivity contribution in [3.63, 3.8) is 0 Å². The van der Waals surface area contributed by atoms with E-state index in [1.807, 2.05) is 0 Å². The molecule has 11 rings (SSSR count). The highest BCUT2D eigenvalue weighted by Crippen LogP contribution is 2.62. The second-order valence-corrected chi connectivity index (χ2v) is 14.0. The van der Waals surface area contributed by atoms with Gasteiger partial charge < -0.3 is 4.40 Å². The molecular formula is C38H35N2+. The molecule has 0 spiro atoms. The van der Waals surface area contributed by atoms with Crippen molar-refractivity contribution in [3.8, 4) is 0 Å². The number of aromatic nitrogens is 2. The maximum Gasteiger partial charge on any atom is 0.224 e. The third-order valence-corrected chi connectivity index (χ3v) is 11.8. The number of hydrogen-bond acceptors (Lipinski definition) is 0. The van der Waals surface area contributed by atoms with Crippen molar-refractivity contribution in [1.82, 2.24) is 4.40 Å². The molecule has 0 amide bonds. The Balaban J connectivity index is 1.48. The average molecular weight is 520 g/mol. The molecule has 4 bridgehead atoms. The molecule has 4 saturated carbocycles. The lowest BCUT2D eigenvalue weighted by Crippen LogP contribution is -2.48. The Bertz CT molecular complexity index is 2190. The van der Waals surface area contributed by atoms with Gasteiger partial charge in [-0.1, -0.05) is 48.5 Å². The minimum absolute atomic E-state index is 0.359. The summed E-state index contributed by atoms with van der Waals surface area (Å²) in [4.78, 5) is 0. The van der Waals surface area contributed by atoms with Gasteiger partial charge in [-0.25, -0.2) is 4.57 Å². The van der Waals surface area contributed by atoms with Gasteiger partial charge in [-0.3, -0.25) is 0 Å². The molecule has 0 atom stereocenters. The Kier molecular flexibility index (Phi) is 3.95. The van der Waals surface area contributed by atoms with E-state index in [2.05, 4.69) is 96.7 Å². The Morgan fingerprint density at radius 3 is 2.10 bits per heavy atom. The molecule has 2 heteroatoms. The number of fused-ring (bicyclic) bond motifs is 7. The van der Waals surface area contributed by atoms with Crippen LogP contribution in [0.25, 0.3) is 59.8 Å². The summed E-state index contributed by atoms with van der Waals surface area (Å²) >= 11 is 0. The minimum Gasteiger partial charge on any atom is -0.307 e. The van der Waals surface area contributed by atoms with Crippen molar-refractivity contribution in [2.45, 2.75) is 57.8 Å². The lowest BCUT2D eigenvalue weighted by molar-refractivity contribution is -0.643. The third-order valence-electron chi connectivity index (χ3n) is 11.8. The van der Waals surface area contributed by atoms with Crippen molar-refractivity contribution in [1.29, 1.82) is 0 Å². The highest BCUT2D eigenvalue weighted by atomic mass is 15.0. The summed E-state index contributed by atoms with van der Waals surface area (Å²) in [6.07, 6.45) is 10.9. The summed E-state index contributed by atoms with van der Waals surface area (Å²) in [5.74, 6) is 2.82. The maximum atomic E-state index is 2.69. The van der Waals surface area contributed by atoms with Crippen molar-refractivity contribution >= 4 is 59.8 Å². The van der Waals surface area contributed by atoms with Crippen molar-refractivity contribution < 1.29 is 4.57 Å². The normalized spacial score (nSPS) is 26.1. The van der Waals surface area contributed by atoms with E-state index in [0.717, 1.165) is 17.8 Å². The predicted molar refractivity (Wildman–Crippen MR) is 167 cm³/mol. The lowest BCUT2D eigenvalue weighted by atomic mass is 9.48. The van der Waals surface area contributed by atoms with Gasteiger partial charge in [0.25, 0.3) is 0 Å². The van der Waals surface area contributed by atoms with Gasteiger partial charge in [0.1, 0.15) is 7.05 Å². The molecule has 4 aromatic carbocycles. The Hall–Kier alpha value is -3.65. The summed E-state index contributed by atoms with van der Waals surface area (Å²) < 4.78 is 5.07. The number of nitrogens with zero attached hydrogens (tertiary/aromatic N) is 2. The molecule has 196 valence electrons. The van der Waals surface area contributed by atoms with E-state index in [4.69, 9.17) is 0 Å². The third kappa shape index (κ3) is 2.47. The molecule has 0 radical (unpaired) electrons. The standard InChI is InChI=1S/C38H35N2/c1-21-27-7-4-5-8-28(27)22(2)35-32(21)37-33-26(13-14-39(37)3)11-12-29-34-30(9-6-10-31(34)40(35)36(29)33)38-18-23-15-24(19-38)17-25(16-23)20-38/h4-14,23-25H,15-20H2,1-3H3/q+1. The van der Waals surface area contributed by atoms with E-state index >= 15 is 0 Å². The van der Waals surface area contributed by atoms with E-state index in [0.29, 0.717) is 5.41 Å². The molecule has 40 heavy (non-hydrogen) atoms. The van der Waals surface area contributed by atoms with E-state index in [1.165, 1.54) is 109 Å². The topological polar surface area (TPSA) is 8.29 Å². The predicted octanol–water partition coefficient (Wildman–Crippen LogP) is 9.05. The van der Waals surface area contributed by atoms with Gasteiger partial charge >= 0.3 is 0 Å². The smallest absolute Gasteiger partial charge is 0.224 e. The minimum atomic E-state index is 0.359. The average Bonchev–Trinajstić information content (AvgIpc) is 3.30. The number of benzene rings is 4. The largest absolute Gasteiger partial charge is 0.307 e. The highest BCUT2D eigenvalue weighted by Gasteiger charge is 2.52. The molecule has 4 fully saturated rings.